The van der Waals surface area contributed by atoms with E-state index in [1.54, 1.807) is 0 Å². The molecule has 19 heavy (non-hydrogen) atoms. The molecule has 0 aliphatic heterocycles. The Morgan fingerprint density at radius 1 is 1.11 bits per heavy atom. The van der Waals surface area contributed by atoms with Crippen LogP contribution in [0.1, 0.15) is 90.3 Å². The molecule has 2 heteroatoms. The summed E-state index contributed by atoms with van der Waals surface area (Å²) in [5.74, 6) is 0.741. The van der Waals surface area contributed by atoms with Gasteiger partial charge in [-0.2, -0.15) is 0 Å². The van der Waals surface area contributed by atoms with Gasteiger partial charge in [0.25, 0.3) is 0 Å². The molecule has 1 aliphatic rings. The average molecular weight is 284 g/mol. The fraction of sp³-hybridized carbons (Fsp3) is 0.824. The van der Waals surface area contributed by atoms with Crippen LogP contribution >= 0.6 is 11.3 Å². The average Bonchev–Trinajstić information content (AvgIpc) is 2.76. The van der Waals surface area contributed by atoms with Crippen molar-refractivity contribution in [2.24, 2.45) is 5.41 Å². The van der Waals surface area contributed by atoms with Gasteiger partial charge in [0.2, 0.25) is 0 Å². The summed E-state index contributed by atoms with van der Waals surface area (Å²) in [6.45, 7) is 14.9. The quantitative estimate of drug-likeness (QED) is 0.531. The fourth-order valence-corrected chi connectivity index (χ4v) is 3.44. The Balaban J connectivity index is 0.000000741. The van der Waals surface area contributed by atoms with Gasteiger partial charge < -0.3 is 0 Å². The first-order valence-electron chi connectivity index (χ1n) is 7.99. The minimum atomic E-state index is 0.557. The Labute approximate surface area is 124 Å². The number of rotatable bonds is 1. The zero-order valence-electron chi connectivity index (χ0n) is 14.0. The monoisotopic (exact) mass is 283 g/mol. The standard InChI is InChI=1S/C13H21NS.2C2H6/c1-10-9-15-12(14-10)11-5-4-7-13(2,3)8-6-11;2*1-2/h9,11H,4-8H2,1-3H3;2*1-2H3. The molecular formula is C17H33NS. The van der Waals surface area contributed by atoms with E-state index < -0.39 is 0 Å². The molecule has 1 fully saturated rings. The lowest BCUT2D eigenvalue weighted by atomic mass is 9.85. The van der Waals surface area contributed by atoms with Crippen molar-refractivity contribution in [3.05, 3.63) is 16.1 Å². The molecule has 0 spiro atoms. The Morgan fingerprint density at radius 3 is 2.26 bits per heavy atom. The number of aryl methyl sites for hydroxylation is 1. The summed E-state index contributed by atoms with van der Waals surface area (Å²) in [4.78, 5) is 4.64. The van der Waals surface area contributed by atoms with Crippen molar-refractivity contribution in [1.29, 1.82) is 0 Å². The lowest BCUT2D eigenvalue weighted by molar-refractivity contribution is 0.313. The first-order chi connectivity index (χ1) is 9.07. The van der Waals surface area contributed by atoms with Gasteiger partial charge in [0, 0.05) is 17.0 Å². The second-order valence-corrected chi connectivity index (χ2v) is 6.51. The number of nitrogens with zero attached hydrogens (tertiary/aromatic N) is 1. The normalized spacial score (nSPS) is 21.3. The van der Waals surface area contributed by atoms with E-state index in [9.17, 15) is 0 Å². The molecule has 0 radical (unpaired) electrons. The van der Waals surface area contributed by atoms with Crippen LogP contribution in [0.2, 0.25) is 0 Å². The van der Waals surface area contributed by atoms with E-state index in [1.165, 1.54) is 42.8 Å². The summed E-state index contributed by atoms with van der Waals surface area (Å²) < 4.78 is 0. The molecule has 1 atom stereocenters. The van der Waals surface area contributed by atoms with Crippen LogP contribution in [-0.4, -0.2) is 4.98 Å². The van der Waals surface area contributed by atoms with Crippen molar-refractivity contribution in [2.45, 2.75) is 86.5 Å². The molecule has 1 unspecified atom stereocenters. The van der Waals surface area contributed by atoms with Crippen molar-refractivity contribution in [3.8, 4) is 0 Å². The zero-order chi connectivity index (χ0) is 14.9. The minimum Gasteiger partial charge on any atom is -0.246 e. The second kappa shape index (κ2) is 9.52. The highest BCUT2D eigenvalue weighted by atomic mass is 32.1. The third kappa shape index (κ3) is 6.56. The van der Waals surface area contributed by atoms with Gasteiger partial charge in [-0.05, 0) is 38.0 Å². The van der Waals surface area contributed by atoms with E-state index in [4.69, 9.17) is 0 Å². The van der Waals surface area contributed by atoms with Gasteiger partial charge in [-0.15, -0.1) is 11.3 Å². The van der Waals surface area contributed by atoms with E-state index >= 15 is 0 Å². The topological polar surface area (TPSA) is 12.9 Å². The Morgan fingerprint density at radius 2 is 1.74 bits per heavy atom. The predicted octanol–water partition coefficient (Wildman–Crippen LogP) is 6.58. The lowest BCUT2D eigenvalue weighted by Crippen LogP contribution is -2.08. The molecule has 1 aliphatic carbocycles. The molecule has 0 bridgehead atoms. The Bertz CT molecular complexity index is 328. The zero-order valence-corrected chi connectivity index (χ0v) is 14.9. The highest BCUT2D eigenvalue weighted by molar-refractivity contribution is 7.09. The Kier molecular flexibility index (Phi) is 9.34. The van der Waals surface area contributed by atoms with Crippen LogP contribution in [-0.2, 0) is 0 Å². The summed E-state index contributed by atoms with van der Waals surface area (Å²) in [6, 6.07) is 0. The maximum Gasteiger partial charge on any atom is 0.0959 e. The molecular weight excluding hydrogens is 250 g/mol. The molecule has 1 aromatic heterocycles. The SMILES string of the molecule is CC.CC.Cc1csc(C2CCCC(C)(C)CC2)n1. The van der Waals surface area contributed by atoms with Gasteiger partial charge in [0.05, 0.1) is 5.01 Å². The first-order valence-corrected chi connectivity index (χ1v) is 8.87. The minimum absolute atomic E-state index is 0.557. The predicted molar refractivity (Wildman–Crippen MR) is 89.2 cm³/mol. The highest BCUT2D eigenvalue weighted by Gasteiger charge is 2.26. The van der Waals surface area contributed by atoms with Gasteiger partial charge in [-0.3, -0.25) is 0 Å². The van der Waals surface area contributed by atoms with E-state index in [0.29, 0.717) is 5.41 Å². The largest absolute Gasteiger partial charge is 0.246 e. The van der Waals surface area contributed by atoms with Crippen LogP contribution in [0, 0.1) is 12.3 Å². The van der Waals surface area contributed by atoms with E-state index in [0.717, 1.165) is 5.92 Å². The summed E-state index contributed by atoms with van der Waals surface area (Å²) in [5.41, 5.74) is 1.75. The van der Waals surface area contributed by atoms with Gasteiger partial charge in [-0.1, -0.05) is 48.0 Å². The van der Waals surface area contributed by atoms with Crippen LogP contribution in [0.15, 0.2) is 5.38 Å². The molecule has 0 aromatic carbocycles. The highest BCUT2D eigenvalue weighted by Crippen LogP contribution is 2.40. The van der Waals surface area contributed by atoms with Crippen LogP contribution in [0.4, 0.5) is 0 Å². The molecule has 1 saturated carbocycles. The molecule has 112 valence electrons. The van der Waals surface area contributed by atoms with Crippen LogP contribution in [0.5, 0.6) is 0 Å². The van der Waals surface area contributed by atoms with Crippen LogP contribution < -0.4 is 0 Å². The summed E-state index contributed by atoms with van der Waals surface area (Å²) in [5, 5.41) is 3.57. The maximum absolute atomic E-state index is 4.64. The number of aromatic nitrogens is 1. The number of hydrogen-bond donors (Lipinski definition) is 0. The lowest BCUT2D eigenvalue weighted by Gasteiger charge is -2.21. The van der Waals surface area contributed by atoms with E-state index in [-0.39, 0.29) is 0 Å². The smallest absolute Gasteiger partial charge is 0.0959 e. The van der Waals surface area contributed by atoms with E-state index in [1.807, 2.05) is 39.0 Å². The molecule has 0 saturated heterocycles. The van der Waals surface area contributed by atoms with Crippen molar-refractivity contribution in [3.63, 3.8) is 0 Å². The fourth-order valence-electron chi connectivity index (χ4n) is 2.47. The van der Waals surface area contributed by atoms with Gasteiger partial charge in [0.15, 0.2) is 0 Å². The summed E-state index contributed by atoms with van der Waals surface area (Å²) in [7, 11) is 0. The molecule has 1 nitrogen and oxygen atoms in total. The molecule has 2 rings (SSSR count). The molecule has 0 amide bonds. The van der Waals surface area contributed by atoms with Crippen LogP contribution in [0.3, 0.4) is 0 Å². The first kappa shape index (κ1) is 18.6. The number of hydrogen-bond acceptors (Lipinski definition) is 2. The summed E-state index contributed by atoms with van der Waals surface area (Å²) in [6.07, 6.45) is 6.79. The van der Waals surface area contributed by atoms with E-state index in [2.05, 4.69) is 31.1 Å². The maximum atomic E-state index is 4.64. The molecule has 1 aromatic rings. The second-order valence-electron chi connectivity index (χ2n) is 5.62. The molecule has 1 heterocycles. The van der Waals surface area contributed by atoms with Gasteiger partial charge in [0.1, 0.15) is 0 Å². The van der Waals surface area contributed by atoms with Crippen molar-refractivity contribution >= 4 is 11.3 Å². The number of thiazole rings is 1. The Hall–Kier alpha value is -0.370. The van der Waals surface area contributed by atoms with Crippen molar-refractivity contribution in [1.82, 2.24) is 4.98 Å². The summed E-state index contributed by atoms with van der Waals surface area (Å²) >= 11 is 1.85. The third-order valence-corrected chi connectivity index (χ3v) is 4.69. The molecule has 0 N–H and O–H groups in total. The van der Waals surface area contributed by atoms with Crippen molar-refractivity contribution in [2.75, 3.05) is 0 Å². The van der Waals surface area contributed by atoms with Crippen molar-refractivity contribution < 1.29 is 0 Å². The van der Waals surface area contributed by atoms with Gasteiger partial charge >= 0.3 is 0 Å². The van der Waals surface area contributed by atoms with Gasteiger partial charge in [-0.25, -0.2) is 4.98 Å². The third-order valence-electron chi connectivity index (χ3n) is 3.56. The van der Waals surface area contributed by atoms with Crippen LogP contribution in [0.25, 0.3) is 0 Å².